The number of nitrogens with one attached hydrogen (secondary N) is 2. The Labute approximate surface area is 75.3 Å². The van der Waals surface area contributed by atoms with Gasteiger partial charge in [0.05, 0.1) is 6.54 Å². The van der Waals surface area contributed by atoms with Gasteiger partial charge in [0.1, 0.15) is 12.1 Å². The van der Waals surface area contributed by atoms with Crippen molar-refractivity contribution in [3.8, 4) is 0 Å². The van der Waals surface area contributed by atoms with Crippen LogP contribution < -0.4 is 10.6 Å². The summed E-state index contributed by atoms with van der Waals surface area (Å²) in [5.74, 6) is -0.919. The lowest BCUT2D eigenvalue weighted by molar-refractivity contribution is -0.139. The van der Waals surface area contributed by atoms with Gasteiger partial charge in [0.25, 0.3) is 0 Å². The average Bonchev–Trinajstić information content (AvgIpc) is 2.47. The van der Waals surface area contributed by atoms with Gasteiger partial charge in [-0.3, -0.25) is 4.79 Å². The van der Waals surface area contributed by atoms with E-state index in [1.807, 2.05) is 0 Å². The highest BCUT2D eigenvalue weighted by Crippen LogP contribution is 1.98. The van der Waals surface area contributed by atoms with Gasteiger partial charge in [-0.15, -0.1) is 0 Å². The van der Waals surface area contributed by atoms with E-state index in [0.717, 1.165) is 0 Å². The van der Waals surface area contributed by atoms with E-state index in [4.69, 9.17) is 9.84 Å². The van der Waals surface area contributed by atoms with Gasteiger partial charge in [-0.25, -0.2) is 4.79 Å². The lowest BCUT2D eigenvalue weighted by Crippen LogP contribution is -2.39. The summed E-state index contributed by atoms with van der Waals surface area (Å²) in [6.45, 7) is 2.32. The number of carboxylic acids is 1. The number of rotatable bonds is 4. The Balaban J connectivity index is 2.19. The Morgan fingerprint density at radius 1 is 1.92 bits per heavy atom. The van der Waals surface area contributed by atoms with Crippen molar-refractivity contribution in [3.05, 3.63) is 0 Å². The number of amides is 1. The van der Waals surface area contributed by atoms with Gasteiger partial charge in [-0.2, -0.15) is 0 Å². The topological polar surface area (TPSA) is 87.7 Å². The van der Waals surface area contributed by atoms with E-state index in [1.54, 1.807) is 0 Å². The minimum Gasteiger partial charge on any atom is -0.480 e. The minimum atomic E-state index is -0.919. The number of carbonyl (C=O) groups is 2. The molecule has 1 heterocycles. The molecule has 1 fully saturated rings. The third-order valence-corrected chi connectivity index (χ3v) is 1.77. The third-order valence-electron chi connectivity index (χ3n) is 1.77. The summed E-state index contributed by atoms with van der Waals surface area (Å²) in [5.41, 5.74) is 0. The molecule has 0 aliphatic carbocycles. The summed E-state index contributed by atoms with van der Waals surface area (Å²) in [5, 5.41) is 13.7. The number of hydrogen-bond acceptors (Lipinski definition) is 4. The molecule has 0 aromatic rings. The maximum atomic E-state index is 10.6. The molecule has 0 aromatic heterocycles. The quantitative estimate of drug-likeness (QED) is 0.535. The van der Waals surface area contributed by atoms with Gasteiger partial charge in [0, 0.05) is 6.54 Å². The number of aliphatic carboxylic acids is 1. The fourth-order valence-corrected chi connectivity index (χ4v) is 0.941. The predicted molar refractivity (Wildman–Crippen MR) is 43.4 cm³/mol. The number of carbonyl (C=O) groups excluding carboxylic acids is 1. The Bertz CT molecular complexity index is 219. The lowest BCUT2D eigenvalue weighted by Gasteiger charge is -2.11. The summed E-state index contributed by atoms with van der Waals surface area (Å²) in [6.07, 6.45) is -0.718. The second-order valence-electron chi connectivity index (χ2n) is 2.88. The van der Waals surface area contributed by atoms with Gasteiger partial charge in [0.2, 0.25) is 0 Å². The molecule has 0 saturated carbocycles. The van der Waals surface area contributed by atoms with E-state index in [-0.39, 0.29) is 6.10 Å². The van der Waals surface area contributed by atoms with Crippen molar-refractivity contribution in [2.45, 2.75) is 19.1 Å². The number of carboxylic acid groups (broad SMARTS) is 1. The first-order valence-electron chi connectivity index (χ1n) is 4.00. The molecule has 13 heavy (non-hydrogen) atoms. The van der Waals surface area contributed by atoms with Crippen LogP contribution in [0.4, 0.5) is 4.79 Å². The lowest BCUT2D eigenvalue weighted by atomic mass is 10.3. The fourth-order valence-electron chi connectivity index (χ4n) is 0.941. The molecular formula is C7H12N2O4. The molecule has 1 aliphatic rings. The van der Waals surface area contributed by atoms with E-state index in [2.05, 4.69) is 10.6 Å². The predicted octanol–water partition coefficient (Wildman–Crippen LogP) is -0.842. The zero-order valence-electron chi connectivity index (χ0n) is 7.24. The highest BCUT2D eigenvalue weighted by molar-refractivity contribution is 5.73. The zero-order valence-corrected chi connectivity index (χ0v) is 7.24. The Hall–Kier alpha value is -1.30. The normalized spacial score (nSPS) is 23.5. The van der Waals surface area contributed by atoms with Crippen LogP contribution in [0.1, 0.15) is 6.92 Å². The zero-order chi connectivity index (χ0) is 9.84. The number of cyclic esters (lactones) is 1. The second kappa shape index (κ2) is 4.08. The fraction of sp³-hybridized carbons (Fsp3) is 0.714. The van der Waals surface area contributed by atoms with E-state index in [9.17, 15) is 9.59 Å². The van der Waals surface area contributed by atoms with Crippen LogP contribution in [-0.2, 0) is 9.53 Å². The van der Waals surface area contributed by atoms with Crippen LogP contribution in [0.3, 0.4) is 0 Å². The SMILES string of the molecule is C[C@@H](NCC1CNC(=O)O1)C(=O)O. The van der Waals surface area contributed by atoms with Crippen LogP contribution >= 0.6 is 0 Å². The van der Waals surface area contributed by atoms with Crippen molar-refractivity contribution < 1.29 is 19.4 Å². The first-order chi connectivity index (χ1) is 6.09. The maximum Gasteiger partial charge on any atom is 0.407 e. The molecule has 6 nitrogen and oxygen atoms in total. The molecule has 0 aromatic carbocycles. The van der Waals surface area contributed by atoms with Gasteiger partial charge in [-0.05, 0) is 6.92 Å². The van der Waals surface area contributed by atoms with Crippen LogP contribution in [0.15, 0.2) is 0 Å². The summed E-state index contributed by atoms with van der Waals surface area (Å²) in [4.78, 5) is 20.9. The van der Waals surface area contributed by atoms with Crippen molar-refractivity contribution in [3.63, 3.8) is 0 Å². The van der Waals surface area contributed by atoms with Crippen molar-refractivity contribution in [1.82, 2.24) is 10.6 Å². The molecule has 1 rings (SSSR count). The third kappa shape index (κ3) is 2.90. The van der Waals surface area contributed by atoms with Crippen LogP contribution in [0.5, 0.6) is 0 Å². The molecule has 74 valence electrons. The number of hydrogen-bond donors (Lipinski definition) is 3. The van der Waals surface area contributed by atoms with Crippen LogP contribution in [0.2, 0.25) is 0 Å². The van der Waals surface area contributed by atoms with Gasteiger partial charge < -0.3 is 20.5 Å². The molecule has 2 atom stereocenters. The highest BCUT2D eigenvalue weighted by atomic mass is 16.6. The first kappa shape index (κ1) is 9.79. The monoisotopic (exact) mass is 188 g/mol. The number of ether oxygens (including phenoxy) is 1. The molecule has 0 bridgehead atoms. The van der Waals surface area contributed by atoms with Crippen molar-refractivity contribution in [2.24, 2.45) is 0 Å². The molecule has 0 radical (unpaired) electrons. The second-order valence-corrected chi connectivity index (χ2v) is 2.88. The van der Waals surface area contributed by atoms with E-state index in [0.29, 0.717) is 13.1 Å². The molecule has 0 spiro atoms. The largest absolute Gasteiger partial charge is 0.480 e. The standard InChI is InChI=1S/C7H12N2O4/c1-4(6(10)11)8-2-5-3-9-7(12)13-5/h4-5,8H,2-3H2,1H3,(H,9,12)(H,10,11)/t4-,5?/m1/s1. The molecule has 1 saturated heterocycles. The molecule has 1 unspecified atom stereocenters. The minimum absolute atomic E-state index is 0.269. The van der Waals surface area contributed by atoms with Crippen molar-refractivity contribution in [1.29, 1.82) is 0 Å². The first-order valence-corrected chi connectivity index (χ1v) is 4.00. The summed E-state index contributed by atoms with van der Waals surface area (Å²) < 4.78 is 4.79. The Morgan fingerprint density at radius 2 is 2.62 bits per heavy atom. The Morgan fingerprint density at radius 3 is 3.08 bits per heavy atom. The van der Waals surface area contributed by atoms with E-state index < -0.39 is 18.1 Å². The van der Waals surface area contributed by atoms with Crippen molar-refractivity contribution in [2.75, 3.05) is 13.1 Å². The molecule has 6 heteroatoms. The average molecular weight is 188 g/mol. The van der Waals surface area contributed by atoms with Crippen LogP contribution in [0, 0.1) is 0 Å². The van der Waals surface area contributed by atoms with Crippen LogP contribution in [-0.4, -0.2) is 42.4 Å². The van der Waals surface area contributed by atoms with E-state index in [1.165, 1.54) is 6.92 Å². The smallest absolute Gasteiger partial charge is 0.407 e. The Kier molecular flexibility index (Phi) is 3.07. The van der Waals surface area contributed by atoms with Gasteiger partial charge >= 0.3 is 12.1 Å². The molecule has 1 amide bonds. The molecular weight excluding hydrogens is 176 g/mol. The maximum absolute atomic E-state index is 10.6. The molecule has 1 aliphatic heterocycles. The summed E-state index contributed by atoms with van der Waals surface area (Å²) in [7, 11) is 0. The van der Waals surface area contributed by atoms with E-state index >= 15 is 0 Å². The number of alkyl carbamates (subject to hydrolysis) is 1. The van der Waals surface area contributed by atoms with Crippen LogP contribution in [0.25, 0.3) is 0 Å². The highest BCUT2D eigenvalue weighted by Gasteiger charge is 2.23. The van der Waals surface area contributed by atoms with Crippen molar-refractivity contribution >= 4 is 12.1 Å². The van der Waals surface area contributed by atoms with Gasteiger partial charge in [-0.1, -0.05) is 0 Å². The molecule has 3 N–H and O–H groups in total. The summed E-state index contributed by atoms with van der Waals surface area (Å²) in [6, 6.07) is -0.626. The van der Waals surface area contributed by atoms with Gasteiger partial charge in [0.15, 0.2) is 0 Å². The summed E-state index contributed by atoms with van der Waals surface area (Å²) >= 11 is 0.